The van der Waals surface area contributed by atoms with Crippen molar-refractivity contribution in [3.63, 3.8) is 0 Å². The first-order valence-corrected chi connectivity index (χ1v) is 9.49. The fourth-order valence-corrected chi connectivity index (χ4v) is 3.19. The maximum absolute atomic E-state index is 12.7. The molecule has 1 aliphatic rings. The van der Waals surface area contributed by atoms with Gasteiger partial charge >= 0.3 is 0 Å². The zero-order chi connectivity index (χ0) is 20.2. The molecule has 0 radical (unpaired) electrons. The molecule has 1 aliphatic heterocycles. The van der Waals surface area contributed by atoms with E-state index >= 15 is 0 Å². The Hall–Kier alpha value is -3.39. The lowest BCUT2D eigenvalue weighted by Gasteiger charge is -2.29. The standard InChI is InChI=1S/C21H22N4O4/c1-15(25-20(26)9-8-18(23-25)19-3-2-12-29-19)21(27)22-16-4-6-17(7-5-16)24-10-13-28-14-11-24/h2-9,12,15H,10-11,13-14H2,1H3,(H,22,27). The summed E-state index contributed by atoms with van der Waals surface area (Å²) in [7, 11) is 0. The molecule has 29 heavy (non-hydrogen) atoms. The van der Waals surface area contributed by atoms with E-state index in [4.69, 9.17) is 9.15 Å². The molecule has 8 heteroatoms. The monoisotopic (exact) mass is 394 g/mol. The van der Waals surface area contributed by atoms with Gasteiger partial charge < -0.3 is 19.4 Å². The first-order chi connectivity index (χ1) is 14.1. The molecule has 1 saturated heterocycles. The van der Waals surface area contributed by atoms with Gasteiger partial charge in [0.15, 0.2) is 5.76 Å². The molecule has 150 valence electrons. The van der Waals surface area contributed by atoms with Crippen molar-refractivity contribution in [1.82, 2.24) is 9.78 Å². The summed E-state index contributed by atoms with van der Waals surface area (Å²) in [5.74, 6) is 0.209. The normalized spacial score (nSPS) is 15.1. The number of carbonyl (C=O) groups is 1. The van der Waals surface area contributed by atoms with Crippen LogP contribution in [0.4, 0.5) is 11.4 Å². The van der Waals surface area contributed by atoms with Crippen LogP contribution >= 0.6 is 0 Å². The Bertz CT molecular complexity index is 1020. The summed E-state index contributed by atoms with van der Waals surface area (Å²) in [4.78, 5) is 27.2. The van der Waals surface area contributed by atoms with Crippen molar-refractivity contribution in [2.24, 2.45) is 0 Å². The molecule has 1 atom stereocenters. The molecule has 0 saturated carbocycles. The van der Waals surface area contributed by atoms with E-state index in [0.717, 1.165) is 36.7 Å². The van der Waals surface area contributed by atoms with E-state index in [-0.39, 0.29) is 11.5 Å². The molecule has 3 aromatic rings. The Morgan fingerprint density at radius 1 is 1.10 bits per heavy atom. The SMILES string of the molecule is CC(C(=O)Nc1ccc(N2CCOCC2)cc1)n1nc(-c2ccco2)ccc1=O. The summed E-state index contributed by atoms with van der Waals surface area (Å²) in [5.41, 5.74) is 1.88. The molecule has 0 aliphatic carbocycles. The fraction of sp³-hybridized carbons (Fsp3) is 0.286. The van der Waals surface area contributed by atoms with Crippen LogP contribution < -0.4 is 15.8 Å². The van der Waals surface area contributed by atoms with E-state index in [1.807, 2.05) is 24.3 Å². The number of aromatic nitrogens is 2. The number of rotatable bonds is 5. The molecule has 1 N–H and O–H groups in total. The number of amides is 1. The van der Waals surface area contributed by atoms with Gasteiger partial charge in [0.1, 0.15) is 11.7 Å². The van der Waals surface area contributed by atoms with Crippen LogP contribution in [0.5, 0.6) is 0 Å². The summed E-state index contributed by atoms with van der Waals surface area (Å²) >= 11 is 0. The summed E-state index contributed by atoms with van der Waals surface area (Å²) < 4.78 is 11.9. The van der Waals surface area contributed by atoms with Crippen molar-refractivity contribution in [2.45, 2.75) is 13.0 Å². The van der Waals surface area contributed by atoms with Crippen LogP contribution in [0.25, 0.3) is 11.5 Å². The second-order valence-electron chi connectivity index (χ2n) is 6.79. The molecule has 3 heterocycles. The zero-order valence-corrected chi connectivity index (χ0v) is 16.1. The van der Waals surface area contributed by atoms with Gasteiger partial charge in [0.05, 0.1) is 19.5 Å². The smallest absolute Gasteiger partial charge is 0.267 e. The van der Waals surface area contributed by atoms with Crippen molar-refractivity contribution < 1.29 is 13.9 Å². The number of carbonyl (C=O) groups excluding carboxylic acids is 1. The molecular weight excluding hydrogens is 372 g/mol. The number of hydrogen-bond acceptors (Lipinski definition) is 6. The zero-order valence-electron chi connectivity index (χ0n) is 16.1. The van der Waals surface area contributed by atoms with Crippen molar-refractivity contribution in [2.75, 3.05) is 36.5 Å². The van der Waals surface area contributed by atoms with Crippen LogP contribution in [-0.2, 0) is 9.53 Å². The molecule has 1 unspecified atom stereocenters. The second kappa shape index (κ2) is 8.32. The van der Waals surface area contributed by atoms with Crippen molar-refractivity contribution in [3.05, 3.63) is 65.1 Å². The van der Waals surface area contributed by atoms with Gasteiger partial charge in [0.25, 0.3) is 5.56 Å². The van der Waals surface area contributed by atoms with E-state index in [9.17, 15) is 9.59 Å². The highest BCUT2D eigenvalue weighted by Crippen LogP contribution is 2.20. The Kier molecular flexibility index (Phi) is 5.44. The van der Waals surface area contributed by atoms with Gasteiger partial charge in [0, 0.05) is 30.5 Å². The minimum Gasteiger partial charge on any atom is -0.463 e. The van der Waals surface area contributed by atoms with Crippen LogP contribution in [0.2, 0.25) is 0 Å². The van der Waals surface area contributed by atoms with Gasteiger partial charge in [-0.15, -0.1) is 0 Å². The van der Waals surface area contributed by atoms with E-state index in [2.05, 4.69) is 15.3 Å². The fourth-order valence-electron chi connectivity index (χ4n) is 3.19. The van der Waals surface area contributed by atoms with Gasteiger partial charge in [0.2, 0.25) is 5.91 Å². The van der Waals surface area contributed by atoms with E-state index in [1.165, 1.54) is 12.3 Å². The predicted octanol–water partition coefficient (Wildman–Crippen LogP) is 2.54. The quantitative estimate of drug-likeness (QED) is 0.715. The number of anilines is 2. The number of ether oxygens (including phenoxy) is 1. The Labute approximate surface area is 167 Å². The lowest BCUT2D eigenvalue weighted by atomic mass is 10.2. The van der Waals surface area contributed by atoms with E-state index in [1.54, 1.807) is 25.1 Å². The third kappa shape index (κ3) is 4.22. The lowest BCUT2D eigenvalue weighted by Crippen LogP contribution is -2.36. The molecule has 1 aromatic carbocycles. The third-order valence-electron chi connectivity index (χ3n) is 4.86. The highest BCUT2D eigenvalue weighted by molar-refractivity contribution is 5.93. The number of nitrogens with zero attached hydrogens (tertiary/aromatic N) is 3. The predicted molar refractivity (Wildman–Crippen MR) is 109 cm³/mol. The van der Waals surface area contributed by atoms with Crippen LogP contribution in [0, 0.1) is 0 Å². The number of hydrogen-bond donors (Lipinski definition) is 1. The number of benzene rings is 1. The van der Waals surface area contributed by atoms with Crippen LogP contribution in [0.1, 0.15) is 13.0 Å². The van der Waals surface area contributed by atoms with Gasteiger partial charge in [-0.25, -0.2) is 4.68 Å². The highest BCUT2D eigenvalue weighted by atomic mass is 16.5. The maximum Gasteiger partial charge on any atom is 0.267 e. The number of nitrogens with one attached hydrogen (secondary N) is 1. The Morgan fingerprint density at radius 3 is 2.55 bits per heavy atom. The number of furan rings is 1. The lowest BCUT2D eigenvalue weighted by molar-refractivity contribution is -0.119. The van der Waals surface area contributed by atoms with Crippen LogP contribution in [-0.4, -0.2) is 42.0 Å². The molecule has 4 rings (SSSR count). The van der Waals surface area contributed by atoms with Crippen molar-refractivity contribution in [3.8, 4) is 11.5 Å². The van der Waals surface area contributed by atoms with Gasteiger partial charge in [-0.05, 0) is 49.4 Å². The molecule has 8 nitrogen and oxygen atoms in total. The minimum atomic E-state index is -0.781. The van der Waals surface area contributed by atoms with Crippen LogP contribution in [0.15, 0.2) is 64.0 Å². The van der Waals surface area contributed by atoms with Crippen molar-refractivity contribution in [1.29, 1.82) is 0 Å². The summed E-state index contributed by atoms with van der Waals surface area (Å²) in [5, 5.41) is 7.13. The topological polar surface area (TPSA) is 89.6 Å². The maximum atomic E-state index is 12.7. The van der Waals surface area contributed by atoms with Crippen LogP contribution in [0.3, 0.4) is 0 Å². The van der Waals surface area contributed by atoms with Crippen molar-refractivity contribution >= 4 is 17.3 Å². The number of morpholine rings is 1. The average molecular weight is 394 g/mol. The Morgan fingerprint density at radius 2 is 1.86 bits per heavy atom. The molecule has 0 bridgehead atoms. The first-order valence-electron chi connectivity index (χ1n) is 9.49. The minimum absolute atomic E-state index is 0.324. The first kappa shape index (κ1) is 18.9. The molecule has 1 amide bonds. The van der Waals surface area contributed by atoms with E-state index < -0.39 is 6.04 Å². The molecular formula is C21H22N4O4. The van der Waals surface area contributed by atoms with Gasteiger partial charge in [-0.1, -0.05) is 0 Å². The van der Waals surface area contributed by atoms with E-state index in [0.29, 0.717) is 17.1 Å². The molecule has 1 fully saturated rings. The summed E-state index contributed by atoms with van der Waals surface area (Å²) in [6.07, 6.45) is 1.53. The highest BCUT2D eigenvalue weighted by Gasteiger charge is 2.19. The summed E-state index contributed by atoms with van der Waals surface area (Å²) in [6, 6.07) is 13.3. The largest absolute Gasteiger partial charge is 0.463 e. The summed E-state index contributed by atoms with van der Waals surface area (Å²) in [6.45, 7) is 4.77. The second-order valence-corrected chi connectivity index (χ2v) is 6.79. The van der Waals surface area contributed by atoms with Gasteiger partial charge in [-0.3, -0.25) is 9.59 Å². The average Bonchev–Trinajstić information content (AvgIpc) is 3.30. The van der Waals surface area contributed by atoms with Gasteiger partial charge in [-0.2, -0.15) is 5.10 Å². The molecule has 0 spiro atoms. The Balaban J connectivity index is 1.47. The third-order valence-corrected chi connectivity index (χ3v) is 4.86. The molecule has 2 aromatic heterocycles.